The predicted molar refractivity (Wildman–Crippen MR) is 167 cm³/mol. The molecule has 0 radical (unpaired) electrons. The molecule has 5 nitrogen and oxygen atoms in total. The highest BCUT2D eigenvalue weighted by atomic mass is 35.5. The molecule has 0 spiro atoms. The second kappa shape index (κ2) is 12.1. The first-order valence-corrected chi connectivity index (χ1v) is 14.3. The number of nitrogens with zero attached hydrogens (tertiary/aromatic N) is 2. The van der Waals surface area contributed by atoms with Gasteiger partial charge >= 0.3 is 0 Å². The molecule has 1 aromatic heterocycles. The Labute approximate surface area is 245 Å². The van der Waals surface area contributed by atoms with Crippen molar-refractivity contribution in [2.75, 3.05) is 25.5 Å². The van der Waals surface area contributed by atoms with Crippen molar-refractivity contribution >= 4 is 34.0 Å². The van der Waals surface area contributed by atoms with Crippen molar-refractivity contribution in [3.8, 4) is 17.0 Å². The number of piperidine rings is 1. The number of likely N-dealkylation sites (tertiary alicyclic amines) is 1. The third kappa shape index (κ3) is 6.43. The summed E-state index contributed by atoms with van der Waals surface area (Å²) in [5.41, 5.74) is 5.73. The molecule has 4 aromatic carbocycles. The Morgan fingerprint density at radius 1 is 0.902 bits per heavy atom. The maximum Gasteiger partial charge on any atom is 0.257 e. The number of nitrogens with one attached hydrogen (secondary N) is 1. The number of anilines is 1. The van der Waals surface area contributed by atoms with Gasteiger partial charge < -0.3 is 10.1 Å². The number of hydrogen-bond acceptors (Lipinski definition) is 4. The maximum atomic E-state index is 12.9. The van der Waals surface area contributed by atoms with E-state index in [4.69, 9.17) is 16.3 Å². The molecule has 2 heterocycles. The Kier molecular flexibility index (Phi) is 7.99. The molecule has 1 fully saturated rings. The van der Waals surface area contributed by atoms with Crippen LogP contribution in [0, 0.1) is 0 Å². The van der Waals surface area contributed by atoms with E-state index in [1.807, 2.05) is 42.5 Å². The monoisotopic (exact) mass is 561 g/mol. The van der Waals surface area contributed by atoms with Gasteiger partial charge in [-0.25, -0.2) is 0 Å². The van der Waals surface area contributed by atoms with Gasteiger partial charge in [0.25, 0.3) is 5.91 Å². The van der Waals surface area contributed by atoms with Crippen LogP contribution in [0.5, 0.6) is 5.75 Å². The molecule has 1 aliphatic heterocycles. The summed E-state index contributed by atoms with van der Waals surface area (Å²) in [6.07, 6.45) is 3.94. The molecule has 0 bridgehead atoms. The van der Waals surface area contributed by atoms with Gasteiger partial charge in [0.05, 0.1) is 18.4 Å². The average Bonchev–Trinajstić information content (AvgIpc) is 3.02. The molecule has 1 saturated heterocycles. The van der Waals surface area contributed by atoms with Crippen molar-refractivity contribution in [1.29, 1.82) is 0 Å². The number of pyridine rings is 1. The number of amides is 1. The van der Waals surface area contributed by atoms with Crippen LogP contribution in [0.3, 0.4) is 0 Å². The zero-order valence-corrected chi connectivity index (χ0v) is 23.8. The quantitative estimate of drug-likeness (QED) is 0.217. The van der Waals surface area contributed by atoms with Crippen molar-refractivity contribution in [2.24, 2.45) is 0 Å². The van der Waals surface area contributed by atoms with Crippen molar-refractivity contribution in [1.82, 2.24) is 9.88 Å². The van der Waals surface area contributed by atoms with E-state index in [1.165, 1.54) is 29.4 Å². The van der Waals surface area contributed by atoms with Crippen LogP contribution in [0.4, 0.5) is 5.69 Å². The number of methoxy groups -OCH3 is 1. The van der Waals surface area contributed by atoms with E-state index in [0.29, 0.717) is 16.5 Å². The summed E-state index contributed by atoms with van der Waals surface area (Å²) in [6.45, 7) is 3.13. The molecular weight excluding hydrogens is 530 g/mol. The Morgan fingerprint density at radius 2 is 1.63 bits per heavy atom. The van der Waals surface area contributed by atoms with Crippen LogP contribution in [0.15, 0.2) is 103 Å². The van der Waals surface area contributed by atoms with Gasteiger partial charge in [-0.1, -0.05) is 54.1 Å². The third-order valence-electron chi connectivity index (χ3n) is 7.91. The first-order valence-electron chi connectivity index (χ1n) is 14.0. The third-order valence-corrected chi connectivity index (χ3v) is 8.16. The fraction of sp³-hybridized carbons (Fsp3) is 0.200. The highest BCUT2D eigenvalue weighted by Crippen LogP contribution is 2.30. The minimum Gasteiger partial charge on any atom is -0.497 e. The highest BCUT2D eigenvalue weighted by Gasteiger charge is 2.21. The van der Waals surface area contributed by atoms with E-state index in [2.05, 4.69) is 63.7 Å². The van der Waals surface area contributed by atoms with Gasteiger partial charge in [-0.3, -0.25) is 14.7 Å². The number of aromatic nitrogens is 1. The Balaban J connectivity index is 1.05. The molecule has 0 aliphatic carbocycles. The zero-order valence-electron chi connectivity index (χ0n) is 23.0. The molecule has 5 aromatic rings. The molecular formula is C35H32ClN3O2. The van der Waals surface area contributed by atoms with Crippen LogP contribution < -0.4 is 10.1 Å². The topological polar surface area (TPSA) is 54.5 Å². The van der Waals surface area contributed by atoms with Crippen molar-refractivity contribution in [3.05, 3.63) is 125 Å². The molecule has 206 valence electrons. The largest absolute Gasteiger partial charge is 0.497 e. The van der Waals surface area contributed by atoms with Gasteiger partial charge in [-0.2, -0.15) is 0 Å². The Morgan fingerprint density at radius 3 is 2.34 bits per heavy atom. The molecule has 6 heteroatoms. The SMILES string of the molecule is COc1ccc(C2CCN(Cc3ccc4cc(NC(=O)c5ccc(-c6ccc(Cl)cc6)nc5)ccc4c3)CC2)cc1. The van der Waals surface area contributed by atoms with Crippen molar-refractivity contribution < 1.29 is 9.53 Å². The van der Waals surface area contributed by atoms with Gasteiger partial charge in [-0.05, 0) is 108 Å². The summed E-state index contributed by atoms with van der Waals surface area (Å²) < 4.78 is 5.30. The fourth-order valence-electron chi connectivity index (χ4n) is 5.55. The number of carbonyl (C=O) groups excluding carboxylic acids is 1. The molecule has 0 atom stereocenters. The normalized spacial score (nSPS) is 14.2. The average molecular weight is 562 g/mol. The van der Waals surface area contributed by atoms with Crippen molar-refractivity contribution in [2.45, 2.75) is 25.3 Å². The van der Waals surface area contributed by atoms with Crippen LogP contribution in [0.1, 0.15) is 40.2 Å². The lowest BCUT2D eigenvalue weighted by molar-refractivity contribution is 0.102. The van der Waals surface area contributed by atoms with E-state index in [-0.39, 0.29) is 5.91 Å². The van der Waals surface area contributed by atoms with Crippen LogP contribution >= 0.6 is 11.6 Å². The molecule has 1 amide bonds. The fourth-order valence-corrected chi connectivity index (χ4v) is 5.68. The summed E-state index contributed by atoms with van der Waals surface area (Å²) in [5.74, 6) is 1.34. The lowest BCUT2D eigenvalue weighted by Crippen LogP contribution is -2.32. The van der Waals surface area contributed by atoms with Gasteiger partial charge in [0.2, 0.25) is 0 Å². The number of hydrogen-bond donors (Lipinski definition) is 1. The minimum absolute atomic E-state index is 0.186. The first kappa shape index (κ1) is 27.0. The number of benzene rings is 4. The minimum atomic E-state index is -0.186. The number of carbonyl (C=O) groups is 1. The van der Waals surface area contributed by atoms with Crippen LogP contribution in [-0.2, 0) is 6.54 Å². The highest BCUT2D eigenvalue weighted by molar-refractivity contribution is 6.30. The molecule has 41 heavy (non-hydrogen) atoms. The summed E-state index contributed by atoms with van der Waals surface area (Å²) in [7, 11) is 1.71. The summed E-state index contributed by atoms with van der Waals surface area (Å²) >= 11 is 5.98. The lowest BCUT2D eigenvalue weighted by atomic mass is 9.89. The standard InChI is InChI=1S/C35H32ClN3O2/c1-41-33-13-7-25(8-14-33)26-16-18-39(19-17-26)23-24-2-3-29-21-32(12-6-28(29)20-24)38-35(40)30-9-15-34(37-22-30)27-4-10-31(36)11-5-27/h2-15,20-22,26H,16-19,23H2,1H3,(H,38,40). The van der Waals surface area contributed by atoms with Gasteiger partial charge in [0, 0.05) is 29.0 Å². The Hall–Kier alpha value is -4.19. The van der Waals surface area contributed by atoms with E-state index >= 15 is 0 Å². The van der Waals surface area contributed by atoms with Crippen LogP contribution in [-0.4, -0.2) is 36.0 Å². The second-order valence-electron chi connectivity index (χ2n) is 10.6. The number of fused-ring (bicyclic) bond motifs is 1. The van der Waals surface area contributed by atoms with E-state index in [9.17, 15) is 4.79 Å². The Bertz CT molecular complexity index is 1640. The van der Waals surface area contributed by atoms with Crippen molar-refractivity contribution in [3.63, 3.8) is 0 Å². The smallest absolute Gasteiger partial charge is 0.257 e. The predicted octanol–water partition coefficient (Wildman–Crippen LogP) is 8.20. The number of halogens is 1. The molecule has 1 N–H and O–H groups in total. The molecule has 0 saturated carbocycles. The zero-order chi connectivity index (χ0) is 28.2. The summed E-state index contributed by atoms with van der Waals surface area (Å²) in [6, 6.07) is 32.3. The number of ether oxygens (including phenoxy) is 1. The van der Waals surface area contributed by atoms with E-state index in [1.54, 1.807) is 19.4 Å². The first-order chi connectivity index (χ1) is 20.0. The summed E-state index contributed by atoms with van der Waals surface area (Å²) in [5, 5.41) is 5.96. The van der Waals surface area contributed by atoms with Gasteiger partial charge in [0.1, 0.15) is 5.75 Å². The van der Waals surface area contributed by atoms with Gasteiger partial charge in [0.15, 0.2) is 0 Å². The summed E-state index contributed by atoms with van der Waals surface area (Å²) in [4.78, 5) is 19.9. The molecule has 6 rings (SSSR count). The van der Waals surface area contributed by atoms with E-state index < -0.39 is 0 Å². The van der Waals surface area contributed by atoms with Gasteiger partial charge in [-0.15, -0.1) is 0 Å². The second-order valence-corrected chi connectivity index (χ2v) is 11.0. The van der Waals surface area contributed by atoms with Crippen LogP contribution in [0.25, 0.3) is 22.0 Å². The lowest BCUT2D eigenvalue weighted by Gasteiger charge is -2.32. The van der Waals surface area contributed by atoms with E-state index in [0.717, 1.165) is 47.7 Å². The molecule has 0 unspecified atom stereocenters. The van der Waals surface area contributed by atoms with Crippen LogP contribution in [0.2, 0.25) is 5.02 Å². The maximum absolute atomic E-state index is 12.9. The number of rotatable bonds is 7. The molecule has 1 aliphatic rings.